The summed E-state index contributed by atoms with van der Waals surface area (Å²) in [6.45, 7) is 6.60. The fraction of sp³-hybridized carbons (Fsp3) is 1.00. The van der Waals surface area contributed by atoms with Crippen molar-refractivity contribution >= 4 is 0 Å². The summed E-state index contributed by atoms with van der Waals surface area (Å²) >= 11 is 0. The highest BCUT2D eigenvalue weighted by molar-refractivity contribution is 4.89. The monoisotopic (exact) mass is 197 g/mol. The summed E-state index contributed by atoms with van der Waals surface area (Å²) in [5.41, 5.74) is 0. The van der Waals surface area contributed by atoms with E-state index in [0.717, 1.165) is 37.1 Å². The van der Waals surface area contributed by atoms with Crippen LogP contribution in [-0.2, 0) is 4.74 Å². The Balaban J connectivity index is 1.63. The largest absolute Gasteiger partial charge is 0.381 e. The van der Waals surface area contributed by atoms with E-state index < -0.39 is 0 Å². The van der Waals surface area contributed by atoms with Crippen LogP contribution in [0.3, 0.4) is 0 Å². The van der Waals surface area contributed by atoms with Gasteiger partial charge in [-0.2, -0.15) is 0 Å². The lowest BCUT2D eigenvalue weighted by Gasteiger charge is -2.41. The van der Waals surface area contributed by atoms with Crippen LogP contribution in [-0.4, -0.2) is 25.3 Å². The topological polar surface area (TPSA) is 21.3 Å². The molecule has 1 saturated carbocycles. The molecule has 0 radical (unpaired) electrons. The summed E-state index contributed by atoms with van der Waals surface area (Å²) in [6.07, 6.45) is 5.22. The zero-order valence-corrected chi connectivity index (χ0v) is 9.46. The van der Waals surface area contributed by atoms with Crippen molar-refractivity contribution in [1.29, 1.82) is 0 Å². The van der Waals surface area contributed by atoms with Crippen LogP contribution in [0.25, 0.3) is 0 Å². The zero-order chi connectivity index (χ0) is 9.97. The lowest BCUT2D eigenvalue weighted by Crippen LogP contribution is -2.49. The molecule has 2 rings (SSSR count). The van der Waals surface area contributed by atoms with Crippen LogP contribution in [0.1, 0.15) is 39.5 Å². The van der Waals surface area contributed by atoms with E-state index in [1.807, 2.05) is 0 Å². The smallest absolute Gasteiger partial charge is 0.0480 e. The van der Waals surface area contributed by atoms with Crippen LogP contribution < -0.4 is 5.32 Å². The van der Waals surface area contributed by atoms with Crippen LogP contribution in [0.2, 0.25) is 0 Å². The molecule has 2 heteroatoms. The van der Waals surface area contributed by atoms with E-state index in [-0.39, 0.29) is 0 Å². The quantitative estimate of drug-likeness (QED) is 0.749. The molecular formula is C12H23NO. The maximum absolute atomic E-state index is 5.35. The Hall–Kier alpha value is -0.0800. The van der Waals surface area contributed by atoms with Gasteiger partial charge in [-0.25, -0.2) is 0 Å². The van der Waals surface area contributed by atoms with Gasteiger partial charge in [-0.05, 0) is 37.5 Å². The fourth-order valence-corrected chi connectivity index (χ4v) is 2.54. The molecule has 0 aromatic heterocycles. The summed E-state index contributed by atoms with van der Waals surface area (Å²) in [4.78, 5) is 0. The second-order valence-electron chi connectivity index (χ2n) is 5.23. The maximum atomic E-state index is 5.35. The Morgan fingerprint density at radius 3 is 2.29 bits per heavy atom. The fourth-order valence-electron chi connectivity index (χ4n) is 2.54. The van der Waals surface area contributed by atoms with Crippen LogP contribution in [0.5, 0.6) is 0 Å². The first-order valence-electron chi connectivity index (χ1n) is 6.09. The minimum atomic E-state index is 0.738. The molecule has 1 aliphatic carbocycles. The van der Waals surface area contributed by atoms with E-state index in [9.17, 15) is 0 Å². The summed E-state index contributed by atoms with van der Waals surface area (Å²) in [5.74, 6) is 1.86. The maximum Gasteiger partial charge on any atom is 0.0480 e. The highest BCUT2D eigenvalue weighted by Gasteiger charge is 2.32. The van der Waals surface area contributed by atoms with Gasteiger partial charge in [-0.3, -0.25) is 0 Å². The molecule has 0 bridgehead atoms. The van der Waals surface area contributed by atoms with Gasteiger partial charge in [-0.1, -0.05) is 13.8 Å². The normalized spacial score (nSPS) is 34.5. The minimum Gasteiger partial charge on any atom is -0.381 e. The molecule has 14 heavy (non-hydrogen) atoms. The molecule has 2 nitrogen and oxygen atoms in total. The van der Waals surface area contributed by atoms with Crippen molar-refractivity contribution in [3.8, 4) is 0 Å². The van der Waals surface area contributed by atoms with Crippen LogP contribution in [0, 0.1) is 11.8 Å². The molecule has 0 spiro atoms. The first-order valence-corrected chi connectivity index (χ1v) is 6.09. The third kappa shape index (κ3) is 2.48. The highest BCUT2D eigenvalue weighted by atomic mass is 16.5. The van der Waals surface area contributed by atoms with Crippen LogP contribution in [0.15, 0.2) is 0 Å². The molecule has 0 amide bonds. The average molecular weight is 197 g/mol. The van der Waals surface area contributed by atoms with Crippen molar-refractivity contribution < 1.29 is 4.74 Å². The minimum absolute atomic E-state index is 0.738. The summed E-state index contributed by atoms with van der Waals surface area (Å²) in [7, 11) is 0. The average Bonchev–Trinajstić information content (AvgIpc) is 2.12. The molecule has 0 aromatic carbocycles. The van der Waals surface area contributed by atoms with E-state index in [1.165, 1.54) is 25.7 Å². The van der Waals surface area contributed by atoms with Crippen molar-refractivity contribution in [3.05, 3.63) is 0 Å². The number of nitrogens with one attached hydrogen (secondary N) is 1. The van der Waals surface area contributed by atoms with Gasteiger partial charge in [0.05, 0.1) is 0 Å². The molecule has 1 saturated heterocycles. The molecule has 0 unspecified atom stereocenters. The molecular weight excluding hydrogens is 174 g/mol. The lowest BCUT2D eigenvalue weighted by molar-refractivity contribution is 0.0627. The molecule has 1 heterocycles. The third-order valence-electron chi connectivity index (χ3n) is 3.81. The Bertz CT molecular complexity index is 169. The summed E-state index contributed by atoms with van der Waals surface area (Å²) in [5, 5.41) is 3.76. The van der Waals surface area contributed by atoms with Crippen molar-refractivity contribution in [3.63, 3.8) is 0 Å². The van der Waals surface area contributed by atoms with Gasteiger partial charge in [0.15, 0.2) is 0 Å². The van der Waals surface area contributed by atoms with E-state index in [2.05, 4.69) is 19.2 Å². The van der Waals surface area contributed by atoms with Crippen molar-refractivity contribution in [2.45, 2.75) is 51.6 Å². The standard InChI is InChI=1S/C12H23NO/c1-9(2)10-7-12(8-10)13-11-3-5-14-6-4-11/h9-13H,3-8H2,1-2H3. The van der Waals surface area contributed by atoms with Crippen molar-refractivity contribution in [2.75, 3.05) is 13.2 Å². The SMILES string of the molecule is CC(C)C1CC(NC2CCOCC2)C1. The first kappa shape index (κ1) is 10.4. The second-order valence-corrected chi connectivity index (χ2v) is 5.23. The van der Waals surface area contributed by atoms with Gasteiger partial charge >= 0.3 is 0 Å². The van der Waals surface area contributed by atoms with E-state index in [4.69, 9.17) is 4.74 Å². The Kier molecular flexibility index (Phi) is 3.45. The molecule has 1 N–H and O–H groups in total. The number of ether oxygens (including phenoxy) is 1. The Morgan fingerprint density at radius 2 is 1.71 bits per heavy atom. The third-order valence-corrected chi connectivity index (χ3v) is 3.81. The Morgan fingerprint density at radius 1 is 1.07 bits per heavy atom. The van der Waals surface area contributed by atoms with E-state index in [1.54, 1.807) is 0 Å². The molecule has 2 aliphatic rings. The molecule has 0 atom stereocenters. The van der Waals surface area contributed by atoms with Gasteiger partial charge < -0.3 is 10.1 Å². The van der Waals surface area contributed by atoms with Gasteiger partial charge in [0.1, 0.15) is 0 Å². The van der Waals surface area contributed by atoms with E-state index >= 15 is 0 Å². The number of hydrogen-bond donors (Lipinski definition) is 1. The lowest BCUT2D eigenvalue weighted by atomic mass is 9.73. The molecule has 1 aliphatic heterocycles. The van der Waals surface area contributed by atoms with Crippen LogP contribution in [0.4, 0.5) is 0 Å². The van der Waals surface area contributed by atoms with Crippen LogP contribution >= 0.6 is 0 Å². The summed E-state index contributed by atoms with van der Waals surface area (Å²) in [6, 6.07) is 1.55. The first-order chi connectivity index (χ1) is 6.75. The van der Waals surface area contributed by atoms with E-state index in [0.29, 0.717) is 0 Å². The molecule has 2 fully saturated rings. The predicted molar refractivity (Wildman–Crippen MR) is 58.3 cm³/mol. The molecule has 82 valence electrons. The second kappa shape index (κ2) is 4.63. The molecule has 0 aromatic rings. The van der Waals surface area contributed by atoms with Crippen molar-refractivity contribution in [2.24, 2.45) is 11.8 Å². The summed E-state index contributed by atoms with van der Waals surface area (Å²) < 4.78 is 5.35. The van der Waals surface area contributed by atoms with Gasteiger partial charge in [0.2, 0.25) is 0 Å². The van der Waals surface area contributed by atoms with Crippen molar-refractivity contribution in [1.82, 2.24) is 5.32 Å². The van der Waals surface area contributed by atoms with Gasteiger partial charge in [-0.15, -0.1) is 0 Å². The zero-order valence-electron chi connectivity index (χ0n) is 9.46. The number of hydrogen-bond acceptors (Lipinski definition) is 2. The number of rotatable bonds is 3. The predicted octanol–water partition coefficient (Wildman–Crippen LogP) is 2.19. The Labute approximate surface area is 87.4 Å². The van der Waals surface area contributed by atoms with Gasteiger partial charge in [0, 0.05) is 25.3 Å². The van der Waals surface area contributed by atoms with Gasteiger partial charge in [0.25, 0.3) is 0 Å². The highest BCUT2D eigenvalue weighted by Crippen LogP contribution is 2.34.